The summed E-state index contributed by atoms with van der Waals surface area (Å²) in [6, 6.07) is 8.90. The fourth-order valence-electron chi connectivity index (χ4n) is 3.67. The number of carboxylic acids is 1. The Balaban J connectivity index is 2.04. The van der Waals surface area contributed by atoms with Crippen LogP contribution in [0.1, 0.15) is 35.3 Å². The first-order valence-electron chi connectivity index (χ1n) is 11.6. The molecule has 2 N–H and O–H groups in total. The van der Waals surface area contributed by atoms with E-state index in [1.54, 1.807) is 32.1 Å². The number of allylic oxidation sites excluding steroid dienone is 1. The Hall–Kier alpha value is -4.51. The quantitative estimate of drug-likeness (QED) is 0.145. The number of carbonyl (C=O) groups excluding carboxylic acids is 3. The van der Waals surface area contributed by atoms with Crippen molar-refractivity contribution in [2.75, 3.05) is 24.7 Å². The maximum atomic E-state index is 13.4. The number of nitrogens with zero attached hydrogens (tertiary/aromatic N) is 1. The van der Waals surface area contributed by atoms with Crippen LogP contribution in [0.3, 0.4) is 0 Å². The van der Waals surface area contributed by atoms with Gasteiger partial charge in [0.25, 0.3) is 11.8 Å². The summed E-state index contributed by atoms with van der Waals surface area (Å²) >= 11 is 5.20. The van der Waals surface area contributed by atoms with Crippen LogP contribution in [0.4, 0.5) is 5.69 Å². The molecule has 38 heavy (non-hydrogen) atoms. The van der Waals surface area contributed by atoms with Gasteiger partial charge in [-0.25, -0.2) is 9.59 Å². The van der Waals surface area contributed by atoms with E-state index in [1.165, 1.54) is 30.3 Å². The molecule has 2 amide bonds. The number of thiocarbonyl (C=S) groups is 1. The summed E-state index contributed by atoms with van der Waals surface area (Å²) in [6.45, 7) is 7.38. The number of benzene rings is 2. The third kappa shape index (κ3) is 6.43. The molecule has 1 saturated heterocycles. The molecule has 0 radical (unpaired) electrons. The number of amides is 2. The molecule has 1 aliphatic heterocycles. The number of anilines is 1. The van der Waals surface area contributed by atoms with E-state index in [4.69, 9.17) is 26.4 Å². The minimum Gasteiger partial charge on any atom is -0.490 e. The second kappa shape index (κ2) is 12.6. The number of hydrogen-bond acceptors (Lipinski definition) is 8. The van der Waals surface area contributed by atoms with Crippen LogP contribution in [0, 0.1) is 0 Å². The Morgan fingerprint density at radius 2 is 1.89 bits per heavy atom. The lowest BCUT2D eigenvalue weighted by Crippen LogP contribution is -2.54. The largest absolute Gasteiger partial charge is 0.490 e. The normalized spacial score (nSPS) is 14.2. The van der Waals surface area contributed by atoms with E-state index in [2.05, 4.69) is 11.9 Å². The van der Waals surface area contributed by atoms with Gasteiger partial charge in [0.05, 0.1) is 24.5 Å². The standard InChI is InChI=1S/C27H26N2O8S/c1-4-8-17-11-16(13-21(35-5-2)23(17)37-15-22(30)36-6-3)12-20-24(31)28-27(38)29(25(20)32)19-10-7-9-18(14-19)26(33)34/h4,7,9-14H,1,5-6,8,15H2,2-3H3,(H,33,34)(H,28,31,38). The van der Waals surface area contributed by atoms with Crippen molar-refractivity contribution < 1.29 is 38.5 Å². The van der Waals surface area contributed by atoms with Gasteiger partial charge in [-0.3, -0.25) is 19.8 Å². The third-order valence-electron chi connectivity index (χ3n) is 5.22. The van der Waals surface area contributed by atoms with Crippen LogP contribution in [0.25, 0.3) is 6.08 Å². The van der Waals surface area contributed by atoms with Crippen LogP contribution in [0.5, 0.6) is 11.5 Å². The van der Waals surface area contributed by atoms with Gasteiger partial charge in [-0.05, 0) is 74.5 Å². The van der Waals surface area contributed by atoms with Crippen molar-refractivity contribution in [1.29, 1.82) is 0 Å². The maximum Gasteiger partial charge on any atom is 0.344 e. The second-order valence-electron chi connectivity index (χ2n) is 7.84. The summed E-state index contributed by atoms with van der Waals surface area (Å²) in [5, 5.41) is 11.6. The van der Waals surface area contributed by atoms with Gasteiger partial charge in [-0.1, -0.05) is 12.1 Å². The predicted octanol–water partition coefficient (Wildman–Crippen LogP) is 3.29. The predicted molar refractivity (Wildman–Crippen MR) is 143 cm³/mol. The number of nitrogens with one attached hydrogen (secondary N) is 1. The van der Waals surface area contributed by atoms with E-state index >= 15 is 0 Å². The number of rotatable bonds is 11. The van der Waals surface area contributed by atoms with Gasteiger partial charge in [0.1, 0.15) is 5.57 Å². The fraction of sp³-hybridized carbons (Fsp3) is 0.222. The molecule has 0 unspecified atom stereocenters. The van der Waals surface area contributed by atoms with Crippen LogP contribution < -0.4 is 19.7 Å². The van der Waals surface area contributed by atoms with E-state index in [0.717, 1.165) is 4.90 Å². The summed E-state index contributed by atoms with van der Waals surface area (Å²) < 4.78 is 16.4. The van der Waals surface area contributed by atoms with E-state index in [9.17, 15) is 24.3 Å². The zero-order valence-corrected chi connectivity index (χ0v) is 21.6. The van der Waals surface area contributed by atoms with Crippen LogP contribution in [-0.2, 0) is 25.5 Å². The average molecular weight is 539 g/mol. The molecule has 0 spiro atoms. The fourth-order valence-corrected chi connectivity index (χ4v) is 3.95. The molecule has 1 fully saturated rings. The van der Waals surface area contributed by atoms with Gasteiger partial charge in [-0.2, -0.15) is 0 Å². The van der Waals surface area contributed by atoms with Gasteiger partial charge in [0, 0.05) is 5.56 Å². The molecule has 0 saturated carbocycles. The van der Waals surface area contributed by atoms with Gasteiger partial charge in [0.2, 0.25) is 0 Å². The first kappa shape index (κ1) is 28.1. The highest BCUT2D eigenvalue weighted by Crippen LogP contribution is 2.35. The van der Waals surface area contributed by atoms with Crippen molar-refractivity contribution in [3.05, 3.63) is 71.3 Å². The first-order valence-corrected chi connectivity index (χ1v) is 12.0. The molecule has 2 aromatic carbocycles. The summed E-state index contributed by atoms with van der Waals surface area (Å²) in [7, 11) is 0. The summed E-state index contributed by atoms with van der Waals surface area (Å²) in [4.78, 5) is 50.5. The molecule has 0 bridgehead atoms. The monoisotopic (exact) mass is 538 g/mol. The summed E-state index contributed by atoms with van der Waals surface area (Å²) in [5.74, 6) is -2.55. The number of carbonyl (C=O) groups is 4. The number of carboxylic acid groups (broad SMARTS) is 1. The highest BCUT2D eigenvalue weighted by atomic mass is 32.1. The van der Waals surface area contributed by atoms with Gasteiger partial charge in [0.15, 0.2) is 23.2 Å². The molecule has 1 aliphatic rings. The molecule has 0 atom stereocenters. The molecule has 2 aromatic rings. The number of aromatic carboxylic acids is 1. The topological polar surface area (TPSA) is 131 Å². The van der Waals surface area contributed by atoms with Crippen LogP contribution >= 0.6 is 12.2 Å². The van der Waals surface area contributed by atoms with Crippen molar-refractivity contribution >= 4 is 52.8 Å². The Bertz CT molecular complexity index is 1330. The van der Waals surface area contributed by atoms with Gasteiger partial charge < -0.3 is 19.3 Å². The lowest BCUT2D eigenvalue weighted by Gasteiger charge is -2.29. The third-order valence-corrected chi connectivity index (χ3v) is 5.51. The van der Waals surface area contributed by atoms with Crippen molar-refractivity contribution in [2.45, 2.75) is 20.3 Å². The molecular weight excluding hydrogens is 512 g/mol. The minimum absolute atomic E-state index is 0.0469. The molecule has 0 aliphatic carbocycles. The van der Waals surface area contributed by atoms with E-state index in [0.29, 0.717) is 29.0 Å². The van der Waals surface area contributed by atoms with Crippen molar-refractivity contribution in [3.8, 4) is 11.5 Å². The number of ether oxygens (including phenoxy) is 3. The Kier molecular flexibility index (Phi) is 9.33. The Morgan fingerprint density at radius 1 is 1.13 bits per heavy atom. The first-order chi connectivity index (χ1) is 18.2. The molecule has 198 valence electrons. The number of esters is 1. The molecular formula is C27H26N2O8S. The second-order valence-corrected chi connectivity index (χ2v) is 8.23. The highest BCUT2D eigenvalue weighted by molar-refractivity contribution is 7.80. The molecule has 3 rings (SSSR count). The smallest absolute Gasteiger partial charge is 0.344 e. The van der Waals surface area contributed by atoms with Gasteiger partial charge >= 0.3 is 11.9 Å². The average Bonchev–Trinajstić information content (AvgIpc) is 2.86. The molecule has 0 aromatic heterocycles. The van der Waals surface area contributed by atoms with Gasteiger partial charge in [-0.15, -0.1) is 6.58 Å². The zero-order valence-electron chi connectivity index (χ0n) is 20.8. The SMILES string of the molecule is C=CCc1cc(C=C2C(=O)NC(=S)N(c3cccc(C(=O)O)c3)C2=O)cc(OCC)c1OCC(=O)OCC. The highest BCUT2D eigenvalue weighted by Gasteiger charge is 2.35. The van der Waals surface area contributed by atoms with Crippen molar-refractivity contribution in [2.24, 2.45) is 0 Å². The number of hydrogen-bond donors (Lipinski definition) is 2. The van der Waals surface area contributed by atoms with Crippen LogP contribution in [0.15, 0.2) is 54.6 Å². The Morgan fingerprint density at radius 3 is 2.55 bits per heavy atom. The van der Waals surface area contributed by atoms with Crippen LogP contribution in [-0.4, -0.2) is 53.8 Å². The Labute approximate surface area is 224 Å². The van der Waals surface area contributed by atoms with E-state index in [1.807, 2.05) is 0 Å². The minimum atomic E-state index is -1.18. The van der Waals surface area contributed by atoms with Crippen molar-refractivity contribution in [1.82, 2.24) is 5.32 Å². The summed E-state index contributed by atoms with van der Waals surface area (Å²) in [6.07, 6.45) is 3.35. The lowest BCUT2D eigenvalue weighted by atomic mass is 10.0. The molecule has 1 heterocycles. The lowest BCUT2D eigenvalue weighted by molar-refractivity contribution is -0.145. The van der Waals surface area contributed by atoms with E-state index < -0.39 is 23.8 Å². The molecule has 10 nitrogen and oxygen atoms in total. The maximum absolute atomic E-state index is 13.4. The zero-order chi connectivity index (χ0) is 27.8. The summed E-state index contributed by atoms with van der Waals surface area (Å²) in [5.41, 5.74) is 0.961. The van der Waals surface area contributed by atoms with Crippen molar-refractivity contribution in [3.63, 3.8) is 0 Å². The van der Waals surface area contributed by atoms with Crippen LogP contribution in [0.2, 0.25) is 0 Å². The van der Waals surface area contributed by atoms with E-state index in [-0.39, 0.29) is 41.8 Å². The molecule has 11 heteroatoms.